The Morgan fingerprint density at radius 3 is 2.81 bits per heavy atom. The maximum absolute atomic E-state index is 15.2. The van der Waals surface area contributed by atoms with Crippen LogP contribution in [0.5, 0.6) is 5.88 Å². The summed E-state index contributed by atoms with van der Waals surface area (Å²) in [6, 6.07) is 11.5. The maximum Gasteiger partial charge on any atom is 0.415 e. The van der Waals surface area contributed by atoms with Crippen LogP contribution < -0.4 is 20.3 Å². The molecule has 224 valence electrons. The number of hydrogen-bond acceptors (Lipinski definition) is 9. The highest BCUT2D eigenvalue weighted by Crippen LogP contribution is 2.35. The number of halogens is 1. The van der Waals surface area contributed by atoms with Gasteiger partial charge in [-0.1, -0.05) is 36.4 Å². The number of benzene rings is 2. The molecule has 3 aromatic rings. The number of carbonyl (C=O) groups excluding carboxylic acids is 2. The monoisotopic (exact) mass is 591 g/mol. The van der Waals surface area contributed by atoms with Gasteiger partial charge in [-0.15, -0.1) is 0 Å². The zero-order chi connectivity index (χ0) is 30.1. The molecule has 3 unspecified atom stereocenters. The number of aromatic nitrogens is 2. The lowest BCUT2D eigenvalue weighted by Crippen LogP contribution is -2.38. The van der Waals surface area contributed by atoms with Gasteiger partial charge in [0.1, 0.15) is 11.9 Å². The number of aliphatic carboxylic acids is 1. The molecule has 1 aliphatic carbocycles. The average Bonchev–Trinajstić information content (AvgIpc) is 3.58. The second kappa shape index (κ2) is 11.6. The van der Waals surface area contributed by atoms with Crippen molar-refractivity contribution in [3.63, 3.8) is 0 Å². The van der Waals surface area contributed by atoms with Crippen LogP contribution >= 0.6 is 0 Å². The van der Waals surface area contributed by atoms with Crippen molar-refractivity contribution in [3.05, 3.63) is 76.7 Å². The Morgan fingerprint density at radius 2 is 2.02 bits per heavy atom. The fraction of sp³-hybridized carbons (Fsp3) is 0.367. The topological polar surface area (TPSA) is 163 Å². The molecule has 2 amide bonds. The number of carbonyl (C=O) groups is 3. The quantitative estimate of drug-likeness (QED) is 0.257. The number of amides is 2. The molecule has 12 nitrogen and oxygen atoms in total. The largest absolute Gasteiger partial charge is 0.479 e. The standard InChI is InChI=1S/C30H30FN5O7/c31-23-11-20(30(41,28(38)39)12-17-4-2-1-3-5-17)10-19-8-18(9-22(19)23)13-32-7-6-21-15-36(29(40)43-21)24-14-33-27-26(34-24)35-25(37)16-42-27/h1-5,10-11,14,18,21,32,41H,6-9,12-13,15-16H2,(H,38,39)(H,34,35,37). The molecule has 4 N–H and O–H groups in total. The zero-order valence-electron chi connectivity index (χ0n) is 23.1. The van der Waals surface area contributed by atoms with Gasteiger partial charge in [-0.05, 0) is 66.6 Å². The Hall–Kier alpha value is -4.62. The lowest BCUT2D eigenvalue weighted by Gasteiger charge is -2.25. The first kappa shape index (κ1) is 28.5. The predicted molar refractivity (Wildman–Crippen MR) is 150 cm³/mol. The van der Waals surface area contributed by atoms with Crippen molar-refractivity contribution >= 4 is 29.6 Å². The van der Waals surface area contributed by atoms with Crippen molar-refractivity contribution in [1.82, 2.24) is 15.3 Å². The highest BCUT2D eigenvalue weighted by Gasteiger charge is 2.40. The molecular formula is C30H30FN5O7. The Kier molecular flexibility index (Phi) is 7.67. The number of anilines is 2. The molecule has 0 spiro atoms. The van der Waals surface area contributed by atoms with Crippen LogP contribution in [0.2, 0.25) is 0 Å². The Balaban J connectivity index is 1.02. The highest BCUT2D eigenvalue weighted by molar-refractivity contribution is 5.94. The summed E-state index contributed by atoms with van der Waals surface area (Å²) in [5, 5.41) is 26.9. The summed E-state index contributed by atoms with van der Waals surface area (Å²) in [7, 11) is 0. The molecule has 0 saturated carbocycles. The number of fused-ring (bicyclic) bond motifs is 2. The van der Waals surface area contributed by atoms with Gasteiger partial charge in [0.25, 0.3) is 11.8 Å². The van der Waals surface area contributed by atoms with Gasteiger partial charge in [-0.3, -0.25) is 9.69 Å². The van der Waals surface area contributed by atoms with Crippen molar-refractivity contribution in [2.24, 2.45) is 5.92 Å². The number of aliphatic hydroxyl groups is 1. The average molecular weight is 592 g/mol. The highest BCUT2D eigenvalue weighted by atomic mass is 19.1. The van der Waals surface area contributed by atoms with Crippen LogP contribution in [0, 0.1) is 11.7 Å². The van der Waals surface area contributed by atoms with Gasteiger partial charge >= 0.3 is 12.1 Å². The Labute approximate surface area is 245 Å². The van der Waals surface area contributed by atoms with Crippen molar-refractivity contribution in [3.8, 4) is 5.88 Å². The third-order valence-electron chi connectivity index (χ3n) is 7.97. The first-order valence-corrected chi connectivity index (χ1v) is 14.0. The molecule has 1 fully saturated rings. The minimum Gasteiger partial charge on any atom is -0.479 e. The SMILES string of the molecule is O=C1COc2ncc(N3CC(CCNCC4Cc5cc(C(O)(Cc6ccccc6)C(=O)O)cc(F)c5C4)OC3=O)nc2N1. The molecule has 2 aromatic carbocycles. The number of nitrogens with one attached hydrogen (secondary N) is 2. The third-order valence-corrected chi connectivity index (χ3v) is 7.97. The van der Waals surface area contributed by atoms with E-state index in [1.54, 1.807) is 36.4 Å². The fourth-order valence-electron chi connectivity index (χ4n) is 5.77. The summed E-state index contributed by atoms with van der Waals surface area (Å²) >= 11 is 0. The minimum atomic E-state index is -2.26. The molecule has 0 bridgehead atoms. The zero-order valence-corrected chi connectivity index (χ0v) is 23.1. The van der Waals surface area contributed by atoms with E-state index in [4.69, 9.17) is 9.47 Å². The van der Waals surface area contributed by atoms with Crippen LogP contribution in [0.25, 0.3) is 0 Å². The number of carboxylic acids is 1. The van der Waals surface area contributed by atoms with E-state index in [9.17, 15) is 24.6 Å². The van der Waals surface area contributed by atoms with E-state index in [-0.39, 0.29) is 60.6 Å². The lowest BCUT2D eigenvalue weighted by atomic mass is 9.85. The third kappa shape index (κ3) is 5.86. The van der Waals surface area contributed by atoms with Crippen LogP contribution in [-0.2, 0) is 39.2 Å². The molecule has 1 saturated heterocycles. The summed E-state index contributed by atoms with van der Waals surface area (Å²) in [5.74, 6) is -1.64. The van der Waals surface area contributed by atoms with Crippen LogP contribution in [0.4, 0.5) is 20.8 Å². The predicted octanol–water partition coefficient (Wildman–Crippen LogP) is 2.18. The lowest BCUT2D eigenvalue weighted by molar-refractivity contribution is -0.159. The Morgan fingerprint density at radius 1 is 1.21 bits per heavy atom. The van der Waals surface area contributed by atoms with Gasteiger partial charge in [0.2, 0.25) is 0 Å². The van der Waals surface area contributed by atoms with Crippen molar-refractivity contribution < 1.29 is 38.5 Å². The molecule has 2 aliphatic heterocycles. The van der Waals surface area contributed by atoms with Crippen LogP contribution in [0.3, 0.4) is 0 Å². The maximum atomic E-state index is 15.2. The summed E-state index contributed by atoms with van der Waals surface area (Å²) in [6.07, 6.45) is 1.82. The molecule has 0 radical (unpaired) electrons. The molecule has 43 heavy (non-hydrogen) atoms. The van der Waals surface area contributed by atoms with Crippen molar-refractivity contribution in [2.45, 2.75) is 37.4 Å². The smallest absolute Gasteiger partial charge is 0.415 e. The molecule has 3 atom stereocenters. The van der Waals surface area contributed by atoms with E-state index in [2.05, 4.69) is 20.6 Å². The summed E-state index contributed by atoms with van der Waals surface area (Å²) in [5.41, 5.74) is -0.365. The summed E-state index contributed by atoms with van der Waals surface area (Å²) < 4.78 is 25.8. The van der Waals surface area contributed by atoms with Crippen LogP contribution in [0.15, 0.2) is 48.7 Å². The molecule has 13 heteroatoms. The fourth-order valence-corrected chi connectivity index (χ4v) is 5.77. The van der Waals surface area contributed by atoms with Crippen molar-refractivity contribution in [2.75, 3.05) is 36.5 Å². The van der Waals surface area contributed by atoms with Crippen LogP contribution in [-0.4, -0.2) is 70.5 Å². The first-order valence-electron chi connectivity index (χ1n) is 14.0. The number of hydrogen-bond donors (Lipinski definition) is 4. The van der Waals surface area contributed by atoms with Gasteiger partial charge in [0.15, 0.2) is 23.8 Å². The van der Waals surface area contributed by atoms with E-state index >= 15 is 4.39 Å². The molecular weight excluding hydrogens is 561 g/mol. The number of rotatable bonds is 10. The van der Waals surface area contributed by atoms with Gasteiger partial charge < -0.3 is 30.3 Å². The van der Waals surface area contributed by atoms with Crippen molar-refractivity contribution in [1.29, 1.82) is 0 Å². The van der Waals surface area contributed by atoms with Gasteiger partial charge in [0.05, 0.1) is 12.7 Å². The molecule has 1 aromatic heterocycles. The molecule has 3 aliphatic rings. The summed E-state index contributed by atoms with van der Waals surface area (Å²) in [4.78, 5) is 45.9. The van der Waals surface area contributed by atoms with E-state index in [1.165, 1.54) is 11.1 Å². The summed E-state index contributed by atoms with van der Waals surface area (Å²) in [6.45, 7) is 1.24. The first-order chi connectivity index (χ1) is 20.7. The number of carboxylic acid groups (broad SMARTS) is 1. The van der Waals surface area contributed by atoms with E-state index in [0.717, 1.165) is 6.07 Å². The number of ether oxygens (including phenoxy) is 2. The second-order valence-electron chi connectivity index (χ2n) is 11.0. The number of cyclic esters (lactones) is 1. The van der Waals surface area contributed by atoms with Gasteiger partial charge in [0, 0.05) is 6.42 Å². The minimum absolute atomic E-state index is 0.0276. The normalized spacial score (nSPS) is 20.5. The number of nitrogens with zero attached hydrogens (tertiary/aromatic N) is 3. The van der Waals surface area contributed by atoms with Gasteiger partial charge in [-0.2, -0.15) is 0 Å². The van der Waals surface area contributed by atoms with E-state index < -0.39 is 23.5 Å². The van der Waals surface area contributed by atoms with E-state index in [1.807, 2.05) is 0 Å². The molecule has 3 heterocycles. The Bertz CT molecular complexity index is 1570. The van der Waals surface area contributed by atoms with Crippen LogP contribution in [0.1, 0.15) is 28.7 Å². The van der Waals surface area contributed by atoms with E-state index in [0.29, 0.717) is 49.0 Å². The molecule has 6 rings (SSSR count). The second-order valence-corrected chi connectivity index (χ2v) is 11.0. The van der Waals surface area contributed by atoms with Gasteiger partial charge in [-0.25, -0.2) is 23.9 Å².